The third-order valence-electron chi connectivity index (χ3n) is 4.69. The fourth-order valence-corrected chi connectivity index (χ4v) is 3.96. The van der Waals surface area contributed by atoms with Crippen LogP contribution >= 0.6 is 11.8 Å². The second-order valence-electron chi connectivity index (χ2n) is 6.71. The Morgan fingerprint density at radius 2 is 1.97 bits per heavy atom. The number of nitrogens with zero attached hydrogens (tertiary/aromatic N) is 7. The number of halogens is 1. The van der Waals surface area contributed by atoms with Crippen molar-refractivity contribution in [1.82, 2.24) is 34.3 Å². The maximum Gasteiger partial charge on any atom is 0.228 e. The van der Waals surface area contributed by atoms with Crippen LogP contribution < -0.4 is 5.32 Å². The van der Waals surface area contributed by atoms with E-state index in [2.05, 4.69) is 30.6 Å². The smallest absolute Gasteiger partial charge is 0.228 e. The Morgan fingerprint density at radius 1 is 1.06 bits per heavy atom. The summed E-state index contributed by atoms with van der Waals surface area (Å²) in [6.07, 6.45) is 5.30. The van der Waals surface area contributed by atoms with Crippen molar-refractivity contribution >= 4 is 29.2 Å². The Balaban J connectivity index is 1.38. The van der Waals surface area contributed by atoms with Crippen molar-refractivity contribution in [2.24, 2.45) is 7.05 Å². The van der Waals surface area contributed by atoms with E-state index in [1.165, 1.54) is 17.8 Å². The Bertz CT molecular complexity index is 1360. The lowest BCUT2D eigenvalue weighted by Crippen LogP contribution is -2.03. The van der Waals surface area contributed by atoms with Crippen LogP contribution in [-0.2, 0) is 12.8 Å². The number of hydrogen-bond donors (Lipinski definition) is 1. The van der Waals surface area contributed by atoms with Crippen LogP contribution in [0.3, 0.4) is 0 Å². The van der Waals surface area contributed by atoms with Gasteiger partial charge in [0.05, 0.1) is 17.6 Å². The molecule has 154 valence electrons. The largest absolute Gasteiger partial charge is 0.309 e. The zero-order chi connectivity index (χ0) is 21.2. The van der Waals surface area contributed by atoms with Gasteiger partial charge >= 0.3 is 0 Å². The van der Waals surface area contributed by atoms with E-state index < -0.39 is 0 Å². The first kappa shape index (κ1) is 19.2. The van der Waals surface area contributed by atoms with Gasteiger partial charge in [-0.2, -0.15) is 5.10 Å². The van der Waals surface area contributed by atoms with Crippen LogP contribution in [0.1, 0.15) is 5.82 Å². The Kier molecular flexibility index (Phi) is 5.04. The summed E-state index contributed by atoms with van der Waals surface area (Å²) < 4.78 is 17.5. The molecule has 8 nitrogen and oxygen atoms in total. The van der Waals surface area contributed by atoms with Gasteiger partial charge in [-0.3, -0.25) is 9.08 Å². The number of pyridine rings is 1. The molecule has 0 aliphatic heterocycles. The summed E-state index contributed by atoms with van der Waals surface area (Å²) in [5.74, 6) is 2.29. The van der Waals surface area contributed by atoms with E-state index in [-0.39, 0.29) is 5.82 Å². The average Bonchev–Trinajstić information content (AvgIpc) is 3.39. The standard InChI is InChI=1S/C21H17FN8S/c1-29-18(7-10-24-29)26-21-23-9-6-16(25-21)14-8-11-30-19(12-14)27-28-20(30)13-31-17-5-3-2-4-15(17)22/h2-12H,13H2,1H3,(H,23,25,26). The number of hydrogen-bond acceptors (Lipinski definition) is 7. The molecule has 0 amide bonds. The second kappa shape index (κ2) is 8.15. The molecule has 0 fully saturated rings. The Hall–Kier alpha value is -3.79. The molecule has 5 aromatic rings. The van der Waals surface area contributed by atoms with Crippen molar-refractivity contribution in [3.05, 3.63) is 78.8 Å². The first-order valence-electron chi connectivity index (χ1n) is 9.47. The molecular weight excluding hydrogens is 415 g/mol. The first-order valence-corrected chi connectivity index (χ1v) is 10.5. The number of fused-ring (bicyclic) bond motifs is 1. The molecule has 0 saturated carbocycles. The second-order valence-corrected chi connectivity index (χ2v) is 7.73. The predicted octanol–water partition coefficient (Wildman–Crippen LogP) is 4.09. The van der Waals surface area contributed by atoms with Gasteiger partial charge in [0.15, 0.2) is 5.65 Å². The zero-order valence-corrected chi connectivity index (χ0v) is 17.3. The molecule has 0 aliphatic rings. The maximum absolute atomic E-state index is 13.9. The van der Waals surface area contributed by atoms with Crippen LogP contribution in [0.15, 0.2) is 72.0 Å². The molecule has 0 bridgehead atoms. The van der Waals surface area contributed by atoms with Crippen LogP contribution in [0, 0.1) is 5.82 Å². The number of aromatic nitrogens is 7. The number of benzene rings is 1. The van der Waals surface area contributed by atoms with Gasteiger partial charge in [-0.1, -0.05) is 12.1 Å². The molecule has 10 heteroatoms. The highest BCUT2D eigenvalue weighted by atomic mass is 32.2. The van der Waals surface area contributed by atoms with Gasteiger partial charge in [-0.15, -0.1) is 22.0 Å². The van der Waals surface area contributed by atoms with Gasteiger partial charge in [0.25, 0.3) is 0 Å². The van der Waals surface area contributed by atoms with Crippen LogP contribution in [0.25, 0.3) is 16.9 Å². The van der Waals surface area contributed by atoms with Crippen LogP contribution in [0.4, 0.5) is 16.2 Å². The third kappa shape index (κ3) is 3.97. The quantitative estimate of drug-likeness (QED) is 0.404. The number of anilines is 2. The van der Waals surface area contributed by atoms with Crippen molar-refractivity contribution in [3.8, 4) is 11.3 Å². The fourth-order valence-electron chi connectivity index (χ4n) is 3.09. The predicted molar refractivity (Wildman–Crippen MR) is 116 cm³/mol. The summed E-state index contributed by atoms with van der Waals surface area (Å²) in [7, 11) is 1.84. The molecule has 5 rings (SSSR count). The third-order valence-corrected chi connectivity index (χ3v) is 5.73. The van der Waals surface area contributed by atoms with E-state index in [1.807, 2.05) is 48.0 Å². The molecule has 0 saturated heterocycles. The topological polar surface area (TPSA) is 85.8 Å². The molecule has 31 heavy (non-hydrogen) atoms. The fraction of sp³-hybridized carbons (Fsp3) is 0.0952. The summed E-state index contributed by atoms with van der Waals surface area (Å²) in [6.45, 7) is 0. The monoisotopic (exact) mass is 432 g/mol. The molecule has 0 unspecified atom stereocenters. The summed E-state index contributed by atoms with van der Waals surface area (Å²) in [4.78, 5) is 9.46. The van der Waals surface area contributed by atoms with E-state index >= 15 is 0 Å². The van der Waals surface area contributed by atoms with Crippen molar-refractivity contribution in [2.45, 2.75) is 10.6 Å². The lowest BCUT2D eigenvalue weighted by molar-refractivity contribution is 0.602. The molecule has 4 heterocycles. The normalized spacial score (nSPS) is 11.2. The molecule has 1 aromatic carbocycles. The lowest BCUT2D eigenvalue weighted by Gasteiger charge is -2.07. The highest BCUT2D eigenvalue weighted by molar-refractivity contribution is 7.98. The SMILES string of the molecule is Cn1nccc1Nc1nccc(-c2ccn3c(CSc4ccccc4F)nnc3c2)n1. The van der Waals surface area contributed by atoms with E-state index in [1.54, 1.807) is 29.2 Å². The number of nitrogens with one attached hydrogen (secondary N) is 1. The zero-order valence-electron chi connectivity index (χ0n) is 16.5. The van der Waals surface area contributed by atoms with Crippen molar-refractivity contribution in [2.75, 3.05) is 5.32 Å². The Morgan fingerprint density at radius 3 is 2.81 bits per heavy atom. The van der Waals surface area contributed by atoms with Crippen molar-refractivity contribution < 1.29 is 4.39 Å². The molecule has 0 atom stereocenters. The van der Waals surface area contributed by atoms with E-state index in [0.717, 1.165) is 22.9 Å². The van der Waals surface area contributed by atoms with Crippen LogP contribution in [-0.4, -0.2) is 34.3 Å². The maximum atomic E-state index is 13.9. The Labute approximate surface area is 181 Å². The highest BCUT2D eigenvalue weighted by Crippen LogP contribution is 2.26. The minimum Gasteiger partial charge on any atom is -0.309 e. The van der Waals surface area contributed by atoms with Gasteiger partial charge in [0.1, 0.15) is 17.5 Å². The lowest BCUT2D eigenvalue weighted by atomic mass is 10.2. The minimum absolute atomic E-state index is 0.233. The minimum atomic E-state index is -0.233. The molecular formula is C21H17FN8S. The van der Waals surface area contributed by atoms with Crippen molar-refractivity contribution in [3.63, 3.8) is 0 Å². The van der Waals surface area contributed by atoms with Gasteiger partial charge in [0, 0.05) is 36.0 Å². The van der Waals surface area contributed by atoms with Gasteiger partial charge in [0.2, 0.25) is 5.95 Å². The van der Waals surface area contributed by atoms with Gasteiger partial charge in [-0.25, -0.2) is 14.4 Å². The number of thioether (sulfide) groups is 1. The van der Waals surface area contributed by atoms with E-state index in [4.69, 9.17) is 0 Å². The molecule has 4 aromatic heterocycles. The van der Waals surface area contributed by atoms with Crippen molar-refractivity contribution in [1.29, 1.82) is 0 Å². The number of aryl methyl sites for hydroxylation is 1. The molecule has 0 spiro atoms. The molecule has 0 radical (unpaired) electrons. The summed E-state index contributed by atoms with van der Waals surface area (Å²) in [5, 5.41) is 15.8. The van der Waals surface area contributed by atoms with Gasteiger partial charge < -0.3 is 5.32 Å². The van der Waals surface area contributed by atoms with Crippen LogP contribution in [0.5, 0.6) is 0 Å². The summed E-state index contributed by atoms with van der Waals surface area (Å²) in [6, 6.07) is 14.3. The average molecular weight is 432 g/mol. The van der Waals surface area contributed by atoms with E-state index in [0.29, 0.717) is 22.2 Å². The van der Waals surface area contributed by atoms with E-state index in [9.17, 15) is 4.39 Å². The number of rotatable bonds is 6. The summed E-state index contributed by atoms with van der Waals surface area (Å²) in [5.41, 5.74) is 2.34. The molecule has 0 aliphatic carbocycles. The van der Waals surface area contributed by atoms with Gasteiger partial charge in [-0.05, 0) is 30.3 Å². The summed E-state index contributed by atoms with van der Waals surface area (Å²) >= 11 is 1.39. The van der Waals surface area contributed by atoms with Crippen LogP contribution in [0.2, 0.25) is 0 Å². The molecule has 1 N–H and O–H groups in total. The highest BCUT2D eigenvalue weighted by Gasteiger charge is 2.11. The first-order chi connectivity index (χ1) is 15.2.